The lowest BCUT2D eigenvalue weighted by Gasteiger charge is -2.36. The summed E-state index contributed by atoms with van der Waals surface area (Å²) in [6, 6.07) is 9.98. The number of nitrogens with zero attached hydrogens (tertiary/aromatic N) is 1. The van der Waals surface area contributed by atoms with Gasteiger partial charge in [-0.25, -0.2) is 0 Å². The third kappa shape index (κ3) is 2.66. The molecule has 0 spiro atoms. The Morgan fingerprint density at radius 2 is 1.86 bits per heavy atom. The zero-order valence-corrected chi connectivity index (χ0v) is 15.6. The fourth-order valence-corrected chi connectivity index (χ4v) is 4.22. The van der Waals surface area contributed by atoms with Gasteiger partial charge < -0.3 is 8.99 Å². The third-order valence-electron chi connectivity index (χ3n) is 4.44. The maximum Gasteiger partial charge on any atom is 0.251 e. The van der Waals surface area contributed by atoms with Gasteiger partial charge in [-0.05, 0) is 42.3 Å². The van der Waals surface area contributed by atoms with Crippen molar-refractivity contribution in [3.8, 4) is 0 Å². The number of hydrogen-bond acceptors (Lipinski definition) is 2. The summed E-state index contributed by atoms with van der Waals surface area (Å²) in [5, 5.41) is 1.39. The lowest BCUT2D eigenvalue weighted by molar-refractivity contribution is 0.0529. The van der Waals surface area contributed by atoms with Gasteiger partial charge in [-0.3, -0.25) is 4.79 Å². The molecule has 0 amide bonds. The van der Waals surface area contributed by atoms with Crippen LogP contribution in [0.3, 0.4) is 0 Å². The summed E-state index contributed by atoms with van der Waals surface area (Å²) in [7, 11) is -0.668. The van der Waals surface area contributed by atoms with E-state index < -0.39 is 9.76 Å². The second-order valence-electron chi connectivity index (χ2n) is 8.07. The van der Waals surface area contributed by atoms with Crippen LogP contribution in [-0.2, 0) is 10.8 Å². The van der Waals surface area contributed by atoms with Crippen LogP contribution < -0.4 is 5.56 Å². The maximum absolute atomic E-state index is 12.5. The van der Waals surface area contributed by atoms with E-state index in [9.17, 15) is 4.79 Å². The van der Waals surface area contributed by atoms with E-state index in [0.717, 1.165) is 17.3 Å². The topological polar surface area (TPSA) is 31.2 Å². The average molecular weight is 315 g/mol. The predicted octanol–water partition coefficient (Wildman–Crippen LogP) is 3.20. The molecule has 0 N–H and O–H groups in total. The van der Waals surface area contributed by atoms with Crippen molar-refractivity contribution in [2.75, 3.05) is 0 Å². The molecule has 1 unspecified atom stereocenters. The maximum atomic E-state index is 12.5. The molecule has 1 aromatic carbocycles. The van der Waals surface area contributed by atoms with Crippen LogP contribution >= 0.6 is 0 Å². The van der Waals surface area contributed by atoms with Gasteiger partial charge in [0.05, 0.1) is 17.2 Å². The SMILES string of the molecule is CC(C)(C)[SiH2]OC(C)(C)C1Cc2cccc3ccc(=O)n1c23. The minimum atomic E-state index is -0.668. The lowest BCUT2D eigenvalue weighted by atomic mass is 9.95. The summed E-state index contributed by atoms with van der Waals surface area (Å²) in [5.41, 5.74) is 2.11. The lowest BCUT2D eigenvalue weighted by Crippen LogP contribution is -2.41. The van der Waals surface area contributed by atoms with Crippen molar-refractivity contribution in [2.45, 2.75) is 57.7 Å². The molecule has 0 radical (unpaired) electrons. The molecule has 1 aliphatic rings. The van der Waals surface area contributed by atoms with Crippen LogP contribution in [0.4, 0.5) is 0 Å². The molecule has 4 heteroatoms. The van der Waals surface area contributed by atoms with Crippen LogP contribution in [0.5, 0.6) is 0 Å². The Hall–Kier alpha value is -1.39. The first-order valence-electron chi connectivity index (χ1n) is 7.96. The standard InChI is InChI=1S/C18H25NO2Si/c1-17(2,3)22-21-18(4,5)14-11-13-8-6-7-12-9-10-15(20)19(14)16(12)13/h6-10,14H,11,22H2,1-5H3. The van der Waals surface area contributed by atoms with E-state index in [2.05, 4.69) is 52.8 Å². The van der Waals surface area contributed by atoms with E-state index in [0.29, 0.717) is 0 Å². The van der Waals surface area contributed by atoms with Crippen LogP contribution in [0.25, 0.3) is 10.9 Å². The molecule has 0 aliphatic carbocycles. The number of para-hydroxylation sites is 1. The molecule has 2 aromatic rings. The molecular formula is C18H25NO2Si. The Morgan fingerprint density at radius 1 is 1.14 bits per heavy atom. The van der Waals surface area contributed by atoms with Gasteiger partial charge in [0.15, 0.2) is 9.76 Å². The second kappa shape index (κ2) is 5.07. The number of pyridine rings is 1. The van der Waals surface area contributed by atoms with Crippen molar-refractivity contribution in [1.29, 1.82) is 0 Å². The van der Waals surface area contributed by atoms with E-state index in [-0.39, 0.29) is 22.2 Å². The molecule has 2 heterocycles. The molecule has 3 rings (SSSR count). The van der Waals surface area contributed by atoms with Gasteiger partial charge in [0.25, 0.3) is 5.56 Å². The van der Waals surface area contributed by atoms with Crippen LogP contribution in [0, 0.1) is 0 Å². The number of rotatable bonds is 3. The summed E-state index contributed by atoms with van der Waals surface area (Å²) >= 11 is 0. The first-order valence-corrected chi connectivity index (χ1v) is 9.25. The Morgan fingerprint density at radius 3 is 2.55 bits per heavy atom. The summed E-state index contributed by atoms with van der Waals surface area (Å²) in [5.74, 6) is 0. The highest BCUT2D eigenvalue weighted by Gasteiger charge is 2.38. The Labute approximate surface area is 134 Å². The van der Waals surface area contributed by atoms with Crippen LogP contribution in [0.1, 0.15) is 46.2 Å². The molecule has 0 fully saturated rings. The molecule has 1 aliphatic heterocycles. The van der Waals surface area contributed by atoms with E-state index in [4.69, 9.17) is 4.43 Å². The monoisotopic (exact) mass is 315 g/mol. The zero-order chi connectivity index (χ0) is 16.1. The van der Waals surface area contributed by atoms with Crippen LogP contribution in [-0.4, -0.2) is 19.9 Å². The number of benzene rings is 1. The van der Waals surface area contributed by atoms with Crippen molar-refractivity contribution >= 4 is 20.7 Å². The zero-order valence-electron chi connectivity index (χ0n) is 14.1. The Balaban J connectivity index is 2.03. The van der Waals surface area contributed by atoms with Crippen LogP contribution in [0.15, 0.2) is 35.1 Å². The molecule has 1 aromatic heterocycles. The minimum Gasteiger partial charge on any atom is -0.416 e. The highest BCUT2D eigenvalue weighted by atomic mass is 28.2. The first kappa shape index (κ1) is 15.5. The van der Waals surface area contributed by atoms with Gasteiger partial charge in [-0.1, -0.05) is 39.0 Å². The summed E-state index contributed by atoms with van der Waals surface area (Å²) in [6.07, 6.45) is 0.877. The normalized spacial score (nSPS) is 18.7. The molecule has 0 saturated carbocycles. The van der Waals surface area contributed by atoms with Crippen molar-refractivity contribution < 1.29 is 4.43 Å². The predicted molar refractivity (Wildman–Crippen MR) is 94.4 cm³/mol. The molecule has 22 heavy (non-hydrogen) atoms. The molecule has 3 nitrogen and oxygen atoms in total. The second-order valence-corrected chi connectivity index (χ2v) is 10.8. The van der Waals surface area contributed by atoms with E-state index in [1.807, 2.05) is 10.6 Å². The fourth-order valence-electron chi connectivity index (χ4n) is 3.22. The Kier molecular flexibility index (Phi) is 3.57. The van der Waals surface area contributed by atoms with Crippen molar-refractivity contribution in [3.63, 3.8) is 0 Å². The van der Waals surface area contributed by atoms with E-state index in [1.165, 1.54) is 5.56 Å². The van der Waals surface area contributed by atoms with Gasteiger partial charge in [-0.15, -0.1) is 0 Å². The quantitative estimate of drug-likeness (QED) is 0.815. The van der Waals surface area contributed by atoms with E-state index in [1.54, 1.807) is 6.07 Å². The van der Waals surface area contributed by atoms with Crippen molar-refractivity contribution in [3.05, 3.63) is 46.2 Å². The fraction of sp³-hybridized carbons (Fsp3) is 0.500. The van der Waals surface area contributed by atoms with Gasteiger partial charge in [0.2, 0.25) is 0 Å². The summed E-state index contributed by atoms with van der Waals surface area (Å²) in [4.78, 5) is 12.5. The average Bonchev–Trinajstić information content (AvgIpc) is 2.83. The Bertz CT molecular complexity index is 771. The molecule has 1 atom stereocenters. The van der Waals surface area contributed by atoms with Gasteiger partial charge in [-0.2, -0.15) is 0 Å². The summed E-state index contributed by atoms with van der Waals surface area (Å²) in [6.45, 7) is 10.9. The summed E-state index contributed by atoms with van der Waals surface area (Å²) < 4.78 is 8.33. The first-order chi connectivity index (χ1) is 10.2. The van der Waals surface area contributed by atoms with Gasteiger partial charge in [0.1, 0.15) is 0 Å². The smallest absolute Gasteiger partial charge is 0.251 e. The number of aromatic nitrogens is 1. The largest absolute Gasteiger partial charge is 0.416 e. The van der Waals surface area contributed by atoms with Crippen molar-refractivity contribution in [2.24, 2.45) is 0 Å². The van der Waals surface area contributed by atoms with Gasteiger partial charge >= 0.3 is 0 Å². The highest BCUT2D eigenvalue weighted by molar-refractivity contribution is 6.31. The third-order valence-corrected chi connectivity index (χ3v) is 6.19. The molecular weight excluding hydrogens is 290 g/mol. The van der Waals surface area contributed by atoms with Crippen molar-refractivity contribution in [1.82, 2.24) is 4.57 Å². The van der Waals surface area contributed by atoms with Crippen LogP contribution in [0.2, 0.25) is 5.04 Å². The highest BCUT2D eigenvalue weighted by Crippen LogP contribution is 2.39. The van der Waals surface area contributed by atoms with Gasteiger partial charge in [0, 0.05) is 6.07 Å². The molecule has 0 saturated heterocycles. The van der Waals surface area contributed by atoms with E-state index >= 15 is 0 Å². The molecule has 0 bridgehead atoms. The minimum absolute atomic E-state index is 0.0796. The number of hydrogen-bond donors (Lipinski definition) is 0. The molecule has 118 valence electrons.